The van der Waals surface area contributed by atoms with E-state index in [0.29, 0.717) is 5.47 Å². The van der Waals surface area contributed by atoms with Crippen LogP contribution in [0, 0.1) is 0 Å². The Bertz CT molecular complexity index is 510. The molecule has 108 valence electrons. The van der Waals surface area contributed by atoms with Crippen LogP contribution in [0.15, 0.2) is 34.6 Å². The van der Waals surface area contributed by atoms with Gasteiger partial charge in [0.1, 0.15) is 0 Å². The number of aliphatic hydroxyl groups is 1. The molecule has 1 heterocycles. The highest BCUT2D eigenvalue weighted by atomic mass is 32.1. The Morgan fingerprint density at radius 3 is 2.25 bits per heavy atom. The topological polar surface area (TPSA) is 38.7 Å². The molecule has 1 aliphatic heterocycles. The fraction of sp³-hybridized carbons (Fsp3) is 0.467. The number of hydrogen-bond donors (Lipinski definition) is 2. The second kappa shape index (κ2) is 5.56. The average molecular weight is 292 g/mol. The van der Waals surface area contributed by atoms with Crippen molar-refractivity contribution in [1.82, 2.24) is 0 Å². The molecule has 1 aromatic carbocycles. The molecule has 0 unspecified atom stereocenters. The van der Waals surface area contributed by atoms with E-state index < -0.39 is 18.3 Å². The molecular weight excluding hydrogens is 271 g/mol. The lowest BCUT2D eigenvalue weighted by Crippen LogP contribution is -2.41. The summed E-state index contributed by atoms with van der Waals surface area (Å²) in [5.74, 6) is 0. The zero-order valence-corrected chi connectivity index (χ0v) is 13.3. The molecule has 0 aliphatic carbocycles. The van der Waals surface area contributed by atoms with Crippen molar-refractivity contribution in [3.05, 3.63) is 35.3 Å². The van der Waals surface area contributed by atoms with Gasteiger partial charge in [0.25, 0.3) is 0 Å². The summed E-state index contributed by atoms with van der Waals surface area (Å²) in [5, 5.41) is 9.63. The molecule has 1 fully saturated rings. The maximum Gasteiger partial charge on any atom is 0.492 e. The van der Waals surface area contributed by atoms with Gasteiger partial charge in [0.05, 0.1) is 17.8 Å². The lowest BCUT2D eigenvalue weighted by molar-refractivity contribution is 0.00578. The molecule has 0 saturated carbocycles. The molecule has 3 nitrogen and oxygen atoms in total. The summed E-state index contributed by atoms with van der Waals surface area (Å²) in [6.07, 6.45) is 1.88. The van der Waals surface area contributed by atoms with Gasteiger partial charge in [0.2, 0.25) is 0 Å². The van der Waals surface area contributed by atoms with Crippen LogP contribution in [0.2, 0.25) is 0 Å². The van der Waals surface area contributed by atoms with Crippen LogP contribution in [0.1, 0.15) is 33.3 Å². The first-order chi connectivity index (χ1) is 9.27. The Labute approximate surface area is 126 Å². The summed E-state index contributed by atoms with van der Waals surface area (Å²) < 4.78 is 11.9. The summed E-state index contributed by atoms with van der Waals surface area (Å²) in [4.78, 5) is 0.856. The van der Waals surface area contributed by atoms with E-state index in [9.17, 15) is 5.11 Å². The minimum Gasteiger partial charge on any atom is -0.400 e. The highest BCUT2D eigenvalue weighted by molar-refractivity contribution is 7.80. The van der Waals surface area contributed by atoms with Gasteiger partial charge in [-0.15, -0.1) is 12.6 Å². The standard InChI is InChI=1S/C15H21BO3S/c1-14(2)15(3,4)19-16(18-14)12(10-17)9-11-7-5-6-8-13(11)20/h5-9,17,20H,10H2,1-4H3. The molecule has 1 N–H and O–H groups in total. The maximum absolute atomic E-state index is 9.63. The van der Waals surface area contributed by atoms with Crippen LogP contribution < -0.4 is 0 Å². The molecule has 1 aromatic rings. The molecule has 0 atom stereocenters. The average Bonchev–Trinajstić information content (AvgIpc) is 2.57. The molecule has 1 aliphatic rings. The van der Waals surface area contributed by atoms with Crippen LogP contribution in [0.5, 0.6) is 0 Å². The summed E-state index contributed by atoms with van der Waals surface area (Å²) >= 11 is 4.41. The first-order valence-electron chi connectivity index (χ1n) is 6.72. The van der Waals surface area contributed by atoms with E-state index in [2.05, 4.69) is 12.6 Å². The monoisotopic (exact) mass is 292 g/mol. The molecule has 1 saturated heterocycles. The zero-order chi connectivity index (χ0) is 15.0. The van der Waals surface area contributed by atoms with Gasteiger partial charge >= 0.3 is 7.12 Å². The van der Waals surface area contributed by atoms with Crippen LogP contribution in [-0.4, -0.2) is 30.0 Å². The third-order valence-corrected chi connectivity index (χ3v) is 4.42. The van der Waals surface area contributed by atoms with Gasteiger partial charge in [-0.25, -0.2) is 0 Å². The summed E-state index contributed by atoms with van der Waals surface area (Å²) in [6.45, 7) is 7.87. The van der Waals surface area contributed by atoms with Crippen molar-refractivity contribution in [3.63, 3.8) is 0 Å². The number of hydrogen-bond acceptors (Lipinski definition) is 4. The van der Waals surface area contributed by atoms with Crippen molar-refractivity contribution in [2.75, 3.05) is 6.61 Å². The Hall–Kier alpha value is -0.745. The molecular formula is C15H21BO3S. The van der Waals surface area contributed by atoms with E-state index in [1.54, 1.807) is 0 Å². The first kappa shape index (κ1) is 15.6. The largest absolute Gasteiger partial charge is 0.492 e. The van der Waals surface area contributed by atoms with Gasteiger partial charge < -0.3 is 14.4 Å². The van der Waals surface area contributed by atoms with Gasteiger partial charge in [-0.3, -0.25) is 0 Å². The molecule has 0 amide bonds. The maximum atomic E-state index is 9.63. The second-order valence-corrected chi connectivity index (χ2v) is 6.51. The van der Waals surface area contributed by atoms with E-state index in [-0.39, 0.29) is 6.61 Å². The van der Waals surface area contributed by atoms with Crippen molar-refractivity contribution in [3.8, 4) is 0 Å². The van der Waals surface area contributed by atoms with Crippen LogP contribution in [0.25, 0.3) is 6.08 Å². The van der Waals surface area contributed by atoms with Gasteiger partial charge in [-0.05, 0) is 44.8 Å². The zero-order valence-electron chi connectivity index (χ0n) is 12.4. The number of rotatable bonds is 3. The minimum atomic E-state index is -0.530. The van der Waals surface area contributed by atoms with E-state index in [1.165, 1.54) is 0 Å². The predicted octanol–water partition coefficient (Wildman–Crippen LogP) is 2.98. The third-order valence-electron chi connectivity index (χ3n) is 4.02. The molecule has 20 heavy (non-hydrogen) atoms. The van der Waals surface area contributed by atoms with Crippen molar-refractivity contribution in [2.45, 2.75) is 43.8 Å². The van der Waals surface area contributed by atoms with Crippen molar-refractivity contribution >= 4 is 25.8 Å². The SMILES string of the molecule is CC1(C)OB(C(=Cc2ccccc2S)CO)OC1(C)C. The van der Waals surface area contributed by atoms with E-state index in [0.717, 1.165) is 10.5 Å². The second-order valence-electron chi connectivity index (χ2n) is 6.02. The van der Waals surface area contributed by atoms with Gasteiger partial charge in [-0.1, -0.05) is 24.3 Å². The van der Waals surface area contributed by atoms with Gasteiger partial charge in [-0.2, -0.15) is 0 Å². The Kier molecular flexibility index (Phi) is 4.35. The molecule has 0 bridgehead atoms. The van der Waals surface area contributed by atoms with Crippen LogP contribution in [0.3, 0.4) is 0 Å². The lowest BCUT2D eigenvalue weighted by atomic mass is 9.77. The smallest absolute Gasteiger partial charge is 0.400 e. The minimum absolute atomic E-state index is 0.112. The fourth-order valence-corrected chi connectivity index (χ4v) is 2.22. The lowest BCUT2D eigenvalue weighted by Gasteiger charge is -2.32. The summed E-state index contributed by atoms with van der Waals surface area (Å²) in [6, 6.07) is 7.72. The summed E-state index contributed by atoms with van der Waals surface area (Å²) in [7, 11) is -0.530. The molecule has 0 radical (unpaired) electrons. The fourth-order valence-electron chi connectivity index (χ4n) is 1.99. The molecule has 0 aromatic heterocycles. The van der Waals surface area contributed by atoms with E-state index >= 15 is 0 Å². The van der Waals surface area contributed by atoms with Gasteiger partial charge in [0, 0.05) is 4.90 Å². The molecule has 5 heteroatoms. The van der Waals surface area contributed by atoms with Crippen molar-refractivity contribution in [1.29, 1.82) is 0 Å². The van der Waals surface area contributed by atoms with Crippen LogP contribution in [-0.2, 0) is 9.31 Å². The van der Waals surface area contributed by atoms with E-state index in [1.807, 2.05) is 58.0 Å². The van der Waals surface area contributed by atoms with Gasteiger partial charge in [0.15, 0.2) is 0 Å². The molecule has 0 spiro atoms. The Balaban J connectivity index is 2.29. The van der Waals surface area contributed by atoms with E-state index in [4.69, 9.17) is 9.31 Å². The highest BCUT2D eigenvalue weighted by Crippen LogP contribution is 2.38. The molecule has 2 rings (SSSR count). The Morgan fingerprint density at radius 2 is 1.75 bits per heavy atom. The van der Waals surface area contributed by atoms with Crippen molar-refractivity contribution in [2.24, 2.45) is 0 Å². The Morgan fingerprint density at radius 1 is 1.20 bits per heavy atom. The number of aliphatic hydroxyl groups excluding tert-OH is 1. The quantitative estimate of drug-likeness (QED) is 0.664. The van der Waals surface area contributed by atoms with Crippen LogP contribution in [0.4, 0.5) is 0 Å². The normalized spacial score (nSPS) is 21.3. The van der Waals surface area contributed by atoms with Crippen molar-refractivity contribution < 1.29 is 14.4 Å². The predicted molar refractivity (Wildman–Crippen MR) is 84.8 cm³/mol. The highest BCUT2D eigenvalue weighted by Gasteiger charge is 2.52. The summed E-state index contributed by atoms with van der Waals surface area (Å²) in [5.41, 5.74) is 0.818. The first-order valence-corrected chi connectivity index (χ1v) is 7.16. The van der Waals surface area contributed by atoms with Crippen LogP contribution >= 0.6 is 12.6 Å². The third kappa shape index (κ3) is 2.96. The number of benzene rings is 1. The number of thiol groups is 1.